The molecule has 0 aliphatic carbocycles. The third-order valence-corrected chi connectivity index (χ3v) is 2.13. The summed E-state index contributed by atoms with van der Waals surface area (Å²) in [5, 5.41) is 8.77. The number of aliphatic hydroxyl groups is 1. The second kappa shape index (κ2) is 4.95. The average molecular weight is 213 g/mol. The van der Waals surface area contributed by atoms with Gasteiger partial charge in [0.15, 0.2) is 0 Å². The van der Waals surface area contributed by atoms with E-state index in [0.717, 1.165) is 0 Å². The number of nitrogens with zero attached hydrogens (tertiary/aromatic N) is 1. The van der Waals surface area contributed by atoms with Gasteiger partial charge in [0.1, 0.15) is 0 Å². The van der Waals surface area contributed by atoms with Crippen LogP contribution in [0.25, 0.3) is 0 Å². The fourth-order valence-electron chi connectivity index (χ4n) is 1.43. The van der Waals surface area contributed by atoms with E-state index in [1.807, 2.05) is 0 Å². The Kier molecular flexibility index (Phi) is 4.15. The van der Waals surface area contributed by atoms with Gasteiger partial charge in [0.05, 0.1) is 25.9 Å². The van der Waals surface area contributed by atoms with Gasteiger partial charge in [-0.25, -0.2) is 0 Å². The molecule has 14 heavy (non-hydrogen) atoms. The Labute approximate surface area is 80.5 Å². The maximum Gasteiger partial charge on any atom is 0.401 e. The summed E-state index contributed by atoms with van der Waals surface area (Å²) < 4.78 is 41.2. The highest BCUT2D eigenvalue weighted by molar-refractivity contribution is 4.70. The zero-order valence-corrected chi connectivity index (χ0v) is 7.76. The number of hydrogen-bond acceptors (Lipinski definition) is 3. The molecule has 0 aromatic carbocycles. The highest BCUT2D eigenvalue weighted by atomic mass is 19.4. The van der Waals surface area contributed by atoms with E-state index in [-0.39, 0.29) is 25.9 Å². The van der Waals surface area contributed by atoms with Crippen LogP contribution in [0.15, 0.2) is 0 Å². The maximum atomic E-state index is 12.0. The fourth-order valence-corrected chi connectivity index (χ4v) is 1.43. The smallest absolute Gasteiger partial charge is 0.394 e. The van der Waals surface area contributed by atoms with Crippen LogP contribution in [0.3, 0.4) is 0 Å². The fraction of sp³-hybridized carbons (Fsp3) is 1.00. The van der Waals surface area contributed by atoms with E-state index in [4.69, 9.17) is 9.84 Å². The van der Waals surface area contributed by atoms with Crippen LogP contribution >= 0.6 is 0 Å². The van der Waals surface area contributed by atoms with E-state index < -0.39 is 12.7 Å². The molecule has 0 radical (unpaired) electrons. The van der Waals surface area contributed by atoms with Crippen LogP contribution in [0.2, 0.25) is 0 Å². The zero-order chi connectivity index (χ0) is 10.6. The van der Waals surface area contributed by atoms with Gasteiger partial charge in [-0.2, -0.15) is 13.2 Å². The normalized spacial score (nSPS) is 26.1. The molecular weight excluding hydrogens is 199 g/mol. The summed E-state index contributed by atoms with van der Waals surface area (Å²) in [4.78, 5) is 1.30. The van der Waals surface area contributed by atoms with Crippen LogP contribution < -0.4 is 0 Å². The summed E-state index contributed by atoms with van der Waals surface area (Å²) in [6, 6.07) is 0. The molecule has 1 aliphatic heterocycles. The van der Waals surface area contributed by atoms with Crippen molar-refractivity contribution in [3.05, 3.63) is 0 Å². The van der Waals surface area contributed by atoms with Crippen molar-refractivity contribution < 1.29 is 23.0 Å². The van der Waals surface area contributed by atoms with Crippen LogP contribution in [-0.2, 0) is 4.74 Å². The first-order chi connectivity index (χ1) is 6.51. The molecule has 0 aromatic rings. The van der Waals surface area contributed by atoms with Crippen molar-refractivity contribution in [3.63, 3.8) is 0 Å². The average Bonchev–Trinajstić information content (AvgIpc) is 2.27. The Morgan fingerprint density at radius 1 is 1.36 bits per heavy atom. The van der Waals surface area contributed by atoms with E-state index in [9.17, 15) is 13.2 Å². The minimum Gasteiger partial charge on any atom is -0.394 e. The third-order valence-electron chi connectivity index (χ3n) is 2.13. The van der Waals surface area contributed by atoms with Crippen molar-refractivity contribution >= 4 is 0 Å². The molecule has 1 fully saturated rings. The van der Waals surface area contributed by atoms with Gasteiger partial charge in [-0.05, 0) is 6.42 Å². The van der Waals surface area contributed by atoms with Crippen molar-refractivity contribution in [2.75, 3.05) is 32.8 Å². The van der Waals surface area contributed by atoms with Gasteiger partial charge in [-0.1, -0.05) is 0 Å². The molecule has 1 unspecified atom stereocenters. The largest absolute Gasteiger partial charge is 0.401 e. The minimum atomic E-state index is -4.15. The lowest BCUT2D eigenvalue weighted by Crippen LogP contribution is -2.35. The Morgan fingerprint density at radius 3 is 2.64 bits per heavy atom. The van der Waals surface area contributed by atoms with E-state index in [2.05, 4.69) is 0 Å². The van der Waals surface area contributed by atoms with Crippen LogP contribution in [0.1, 0.15) is 6.42 Å². The molecule has 0 bridgehead atoms. The summed E-state index contributed by atoms with van der Waals surface area (Å²) in [6.07, 6.45) is -4.01. The molecule has 1 atom stereocenters. The van der Waals surface area contributed by atoms with Gasteiger partial charge in [-0.15, -0.1) is 0 Å². The van der Waals surface area contributed by atoms with Crippen LogP contribution in [-0.4, -0.2) is 55.1 Å². The molecular formula is C8H14F3NO2. The second-order valence-corrected chi connectivity index (χ2v) is 3.36. The van der Waals surface area contributed by atoms with Gasteiger partial charge in [0.2, 0.25) is 0 Å². The molecule has 0 saturated carbocycles. The summed E-state index contributed by atoms with van der Waals surface area (Å²) in [6.45, 7) is -0.170. The minimum absolute atomic E-state index is 0.125. The van der Waals surface area contributed by atoms with Gasteiger partial charge < -0.3 is 9.84 Å². The molecule has 0 spiro atoms. The van der Waals surface area contributed by atoms with Gasteiger partial charge in [0.25, 0.3) is 0 Å². The zero-order valence-electron chi connectivity index (χ0n) is 7.76. The third kappa shape index (κ3) is 4.26. The molecule has 0 aromatic heterocycles. The lowest BCUT2D eigenvalue weighted by Gasteiger charge is -2.20. The number of ether oxygens (including phenoxy) is 1. The predicted molar refractivity (Wildman–Crippen MR) is 43.9 cm³/mol. The molecule has 6 heteroatoms. The van der Waals surface area contributed by atoms with Gasteiger partial charge in [-0.3, -0.25) is 4.90 Å². The van der Waals surface area contributed by atoms with Crippen molar-refractivity contribution in [2.45, 2.75) is 18.7 Å². The van der Waals surface area contributed by atoms with Crippen LogP contribution in [0.4, 0.5) is 13.2 Å². The molecule has 84 valence electrons. The summed E-state index contributed by atoms with van der Waals surface area (Å²) in [5.74, 6) is 0. The van der Waals surface area contributed by atoms with Crippen molar-refractivity contribution in [1.29, 1.82) is 0 Å². The highest BCUT2D eigenvalue weighted by Crippen LogP contribution is 2.18. The highest BCUT2D eigenvalue weighted by Gasteiger charge is 2.31. The van der Waals surface area contributed by atoms with Crippen molar-refractivity contribution in [2.24, 2.45) is 0 Å². The number of halogens is 3. The lowest BCUT2D eigenvalue weighted by molar-refractivity contribution is -0.145. The van der Waals surface area contributed by atoms with E-state index in [0.29, 0.717) is 13.0 Å². The predicted octanol–water partition coefficient (Wildman–Crippen LogP) is 0.632. The van der Waals surface area contributed by atoms with Crippen LogP contribution in [0.5, 0.6) is 0 Å². The Balaban J connectivity index is 2.34. The SMILES string of the molecule is OCC1CCN(CC(F)(F)F)CCO1. The standard InChI is InChI=1S/C8H14F3NO2/c9-8(10,11)6-12-2-1-7(5-13)14-4-3-12/h7,13H,1-6H2. The number of hydrogen-bond donors (Lipinski definition) is 1. The first kappa shape index (κ1) is 11.7. The summed E-state index contributed by atoms with van der Waals surface area (Å²) >= 11 is 0. The molecule has 0 amide bonds. The maximum absolute atomic E-state index is 12.0. The molecule has 3 nitrogen and oxygen atoms in total. The monoisotopic (exact) mass is 213 g/mol. The molecule has 1 rings (SSSR count). The summed E-state index contributed by atoms with van der Waals surface area (Å²) in [5.41, 5.74) is 0. The lowest BCUT2D eigenvalue weighted by atomic mass is 10.2. The second-order valence-electron chi connectivity index (χ2n) is 3.36. The number of aliphatic hydroxyl groups excluding tert-OH is 1. The Bertz CT molecular complexity index is 174. The topological polar surface area (TPSA) is 32.7 Å². The first-order valence-electron chi connectivity index (χ1n) is 4.53. The molecule has 1 aliphatic rings. The number of alkyl halides is 3. The van der Waals surface area contributed by atoms with Crippen molar-refractivity contribution in [3.8, 4) is 0 Å². The van der Waals surface area contributed by atoms with E-state index >= 15 is 0 Å². The van der Waals surface area contributed by atoms with E-state index in [1.165, 1.54) is 4.90 Å². The van der Waals surface area contributed by atoms with Crippen LogP contribution in [0, 0.1) is 0 Å². The van der Waals surface area contributed by atoms with E-state index in [1.54, 1.807) is 0 Å². The molecule has 1 N–H and O–H groups in total. The number of rotatable bonds is 2. The first-order valence-corrected chi connectivity index (χ1v) is 4.53. The van der Waals surface area contributed by atoms with Crippen molar-refractivity contribution in [1.82, 2.24) is 4.90 Å². The molecule has 1 heterocycles. The quantitative estimate of drug-likeness (QED) is 0.730. The summed E-state index contributed by atoms with van der Waals surface area (Å²) in [7, 11) is 0. The van der Waals surface area contributed by atoms with Gasteiger partial charge in [0, 0.05) is 13.1 Å². The van der Waals surface area contributed by atoms with Gasteiger partial charge >= 0.3 is 6.18 Å². The molecule has 1 saturated heterocycles. The Hall–Kier alpha value is -0.330. The Morgan fingerprint density at radius 2 is 2.07 bits per heavy atom.